The second-order valence-corrected chi connectivity index (χ2v) is 9.09. The van der Waals surface area contributed by atoms with E-state index in [2.05, 4.69) is 4.74 Å². The fourth-order valence-corrected chi connectivity index (χ4v) is 4.90. The SMILES string of the molecule is N#Cc1cc2c(cc1-c1cccc(OC(F)(F)F)c1)C(=C(N)N)c1cc(-c3cccc(C(F)(F)F)c3)c(C#N)cc1-2. The zero-order valence-electron chi connectivity index (χ0n) is 20.7. The molecule has 0 fully saturated rings. The normalized spacial score (nSPS) is 12.2. The van der Waals surface area contributed by atoms with E-state index in [0.29, 0.717) is 27.8 Å². The number of rotatable bonds is 3. The number of nitrogens with zero attached hydrogens (tertiary/aromatic N) is 2. The molecule has 204 valence electrons. The van der Waals surface area contributed by atoms with E-state index >= 15 is 0 Å². The Kier molecular flexibility index (Phi) is 6.39. The van der Waals surface area contributed by atoms with Crippen LogP contribution in [0.4, 0.5) is 26.3 Å². The van der Waals surface area contributed by atoms with Crippen molar-refractivity contribution in [2.24, 2.45) is 11.5 Å². The molecule has 0 amide bonds. The van der Waals surface area contributed by atoms with E-state index in [1.807, 2.05) is 12.1 Å². The summed E-state index contributed by atoms with van der Waals surface area (Å²) in [6.07, 6.45) is -9.52. The average molecular weight is 562 g/mol. The Morgan fingerprint density at radius 1 is 0.634 bits per heavy atom. The number of benzene rings is 4. The molecule has 0 radical (unpaired) electrons. The quantitative estimate of drug-likeness (QED) is 0.224. The van der Waals surface area contributed by atoms with E-state index in [1.165, 1.54) is 42.5 Å². The molecule has 0 saturated heterocycles. The maximum absolute atomic E-state index is 13.4. The van der Waals surface area contributed by atoms with Gasteiger partial charge in [0.25, 0.3) is 0 Å². The van der Waals surface area contributed by atoms with Crippen LogP contribution in [-0.2, 0) is 6.18 Å². The maximum atomic E-state index is 13.4. The topological polar surface area (TPSA) is 109 Å². The van der Waals surface area contributed by atoms with Crippen LogP contribution in [0.15, 0.2) is 78.6 Å². The van der Waals surface area contributed by atoms with Gasteiger partial charge in [0.2, 0.25) is 0 Å². The number of nitrogens with two attached hydrogens (primary N) is 2. The third-order valence-corrected chi connectivity index (χ3v) is 6.55. The standard InChI is InChI=1S/C30H16F6N4O/c31-29(32,33)19-5-1-3-15(7-19)21-11-25-23(9-17(21)13-37)24-10-18(14-38)22(12-26(24)27(25)28(39)40)16-4-2-6-20(8-16)41-30(34,35)36/h1-12H,39-40H2. The number of hydrogen-bond donors (Lipinski definition) is 2. The van der Waals surface area contributed by atoms with Crippen LogP contribution in [0.5, 0.6) is 5.75 Å². The van der Waals surface area contributed by atoms with Crippen molar-refractivity contribution in [2.45, 2.75) is 12.5 Å². The molecule has 0 aromatic heterocycles. The molecular formula is C30H16F6N4O. The van der Waals surface area contributed by atoms with E-state index in [9.17, 15) is 36.9 Å². The maximum Gasteiger partial charge on any atom is 0.573 e. The Balaban J connectivity index is 1.71. The van der Waals surface area contributed by atoms with Crippen molar-refractivity contribution in [1.82, 2.24) is 0 Å². The van der Waals surface area contributed by atoms with Crippen molar-refractivity contribution in [1.29, 1.82) is 10.5 Å². The summed E-state index contributed by atoms with van der Waals surface area (Å²) in [7, 11) is 0. The summed E-state index contributed by atoms with van der Waals surface area (Å²) in [6, 6.07) is 19.7. The largest absolute Gasteiger partial charge is 0.573 e. The molecule has 4 N–H and O–H groups in total. The van der Waals surface area contributed by atoms with Gasteiger partial charge in [-0.1, -0.05) is 24.3 Å². The number of alkyl halides is 6. The van der Waals surface area contributed by atoms with Gasteiger partial charge in [-0.25, -0.2) is 0 Å². The molecule has 4 aromatic rings. The lowest BCUT2D eigenvalue weighted by atomic mass is 9.92. The van der Waals surface area contributed by atoms with Crippen molar-refractivity contribution >= 4 is 5.57 Å². The first-order valence-electron chi connectivity index (χ1n) is 11.8. The van der Waals surface area contributed by atoms with E-state index in [-0.39, 0.29) is 39.2 Å². The van der Waals surface area contributed by atoms with Gasteiger partial charge >= 0.3 is 12.5 Å². The molecule has 1 aliphatic carbocycles. The van der Waals surface area contributed by atoms with Gasteiger partial charge in [0.15, 0.2) is 0 Å². The summed E-state index contributed by atoms with van der Waals surface area (Å²) in [5.41, 5.74) is 14.4. The van der Waals surface area contributed by atoms with E-state index in [1.54, 1.807) is 6.07 Å². The Morgan fingerprint density at radius 3 is 1.61 bits per heavy atom. The Morgan fingerprint density at radius 2 is 1.15 bits per heavy atom. The van der Waals surface area contributed by atoms with Gasteiger partial charge in [-0.2, -0.15) is 23.7 Å². The Hall–Kier alpha value is -5.42. The van der Waals surface area contributed by atoms with Crippen molar-refractivity contribution in [2.75, 3.05) is 0 Å². The zero-order chi connectivity index (χ0) is 29.7. The number of fused-ring (bicyclic) bond motifs is 3. The molecule has 5 rings (SSSR count). The fourth-order valence-electron chi connectivity index (χ4n) is 4.90. The smallest absolute Gasteiger partial charge is 0.406 e. The van der Waals surface area contributed by atoms with Gasteiger partial charge in [-0.15, -0.1) is 13.2 Å². The van der Waals surface area contributed by atoms with Gasteiger partial charge < -0.3 is 16.2 Å². The van der Waals surface area contributed by atoms with Gasteiger partial charge in [0, 0.05) is 16.7 Å². The molecule has 4 aromatic carbocycles. The molecule has 0 spiro atoms. The third kappa shape index (κ3) is 5.01. The molecule has 5 nitrogen and oxygen atoms in total. The van der Waals surface area contributed by atoms with Crippen LogP contribution in [-0.4, -0.2) is 6.36 Å². The molecule has 41 heavy (non-hydrogen) atoms. The summed E-state index contributed by atoms with van der Waals surface area (Å²) in [5.74, 6) is -0.629. The molecule has 1 aliphatic rings. The van der Waals surface area contributed by atoms with Crippen LogP contribution >= 0.6 is 0 Å². The minimum Gasteiger partial charge on any atom is -0.406 e. The lowest BCUT2D eigenvalue weighted by Crippen LogP contribution is -2.17. The van der Waals surface area contributed by atoms with Crippen LogP contribution in [0.1, 0.15) is 27.8 Å². The predicted octanol–water partition coefficient (Wildman–Crippen LogP) is 7.30. The summed E-state index contributed by atoms with van der Waals surface area (Å²) < 4.78 is 82.6. The molecule has 0 saturated carbocycles. The lowest BCUT2D eigenvalue weighted by Gasteiger charge is -2.13. The minimum absolute atomic E-state index is 0.0745. The monoisotopic (exact) mass is 562 g/mol. The number of nitriles is 2. The summed E-state index contributed by atoms with van der Waals surface area (Å²) in [4.78, 5) is 0. The lowest BCUT2D eigenvalue weighted by molar-refractivity contribution is -0.274. The first kappa shape index (κ1) is 27.2. The van der Waals surface area contributed by atoms with E-state index in [0.717, 1.165) is 24.3 Å². The second kappa shape index (κ2) is 9.65. The van der Waals surface area contributed by atoms with Crippen LogP contribution in [0.25, 0.3) is 39.0 Å². The molecular weight excluding hydrogens is 546 g/mol. The van der Waals surface area contributed by atoms with Crippen molar-refractivity contribution in [3.63, 3.8) is 0 Å². The van der Waals surface area contributed by atoms with Crippen LogP contribution in [0.3, 0.4) is 0 Å². The van der Waals surface area contributed by atoms with Crippen LogP contribution in [0.2, 0.25) is 0 Å². The van der Waals surface area contributed by atoms with Gasteiger partial charge in [0.1, 0.15) is 11.6 Å². The third-order valence-electron chi connectivity index (χ3n) is 6.55. The zero-order valence-corrected chi connectivity index (χ0v) is 20.7. The average Bonchev–Trinajstić information content (AvgIpc) is 3.22. The van der Waals surface area contributed by atoms with Crippen LogP contribution in [0, 0.1) is 22.7 Å². The van der Waals surface area contributed by atoms with Gasteiger partial charge in [-0.05, 0) is 81.9 Å². The van der Waals surface area contributed by atoms with Crippen LogP contribution < -0.4 is 16.2 Å². The number of ether oxygens (including phenoxy) is 1. The predicted molar refractivity (Wildman–Crippen MR) is 138 cm³/mol. The molecule has 0 heterocycles. The van der Waals surface area contributed by atoms with Gasteiger partial charge in [0.05, 0.1) is 28.8 Å². The minimum atomic E-state index is -4.92. The highest BCUT2D eigenvalue weighted by Crippen LogP contribution is 2.49. The molecule has 0 bridgehead atoms. The van der Waals surface area contributed by atoms with E-state index < -0.39 is 23.9 Å². The molecule has 11 heteroatoms. The molecule has 0 aliphatic heterocycles. The van der Waals surface area contributed by atoms with E-state index in [4.69, 9.17) is 11.5 Å². The first-order valence-corrected chi connectivity index (χ1v) is 11.8. The first-order chi connectivity index (χ1) is 19.3. The number of halogens is 6. The highest BCUT2D eigenvalue weighted by molar-refractivity contribution is 6.05. The fraction of sp³-hybridized carbons (Fsp3) is 0.0667. The Labute approximate surface area is 229 Å². The van der Waals surface area contributed by atoms with Gasteiger partial charge in [-0.3, -0.25) is 0 Å². The second-order valence-electron chi connectivity index (χ2n) is 9.09. The van der Waals surface area contributed by atoms with Crippen molar-refractivity contribution in [3.05, 3.63) is 106 Å². The summed E-state index contributed by atoms with van der Waals surface area (Å²) >= 11 is 0. The molecule has 0 atom stereocenters. The number of hydrogen-bond acceptors (Lipinski definition) is 5. The highest BCUT2D eigenvalue weighted by Gasteiger charge is 2.33. The summed E-state index contributed by atoms with van der Waals surface area (Å²) in [6.45, 7) is 0. The van der Waals surface area contributed by atoms with Crippen molar-refractivity contribution in [3.8, 4) is 51.3 Å². The summed E-state index contributed by atoms with van der Waals surface area (Å²) in [5, 5.41) is 19.8. The highest BCUT2D eigenvalue weighted by atomic mass is 19.4. The van der Waals surface area contributed by atoms with Crippen molar-refractivity contribution < 1.29 is 31.1 Å². The Bertz CT molecular complexity index is 1840. The molecule has 0 unspecified atom stereocenters.